The number of fused-ring (bicyclic) bond motifs is 2. The molecule has 2 heteroatoms. The average molecular weight is 252 g/mol. The zero-order valence-corrected chi connectivity index (χ0v) is 12.6. The van der Waals surface area contributed by atoms with E-state index in [0.29, 0.717) is 0 Å². The van der Waals surface area contributed by atoms with Gasteiger partial charge in [0, 0.05) is 24.7 Å². The summed E-state index contributed by atoms with van der Waals surface area (Å²) in [5.41, 5.74) is 0. The van der Waals surface area contributed by atoms with E-state index in [4.69, 9.17) is 0 Å². The Hall–Kier alpha value is -0.0800. The quantitative estimate of drug-likeness (QED) is 0.747. The third-order valence-electron chi connectivity index (χ3n) is 5.16. The fraction of sp³-hybridized carbons (Fsp3) is 1.00. The number of piperidine rings is 1. The monoisotopic (exact) mass is 252 g/mol. The van der Waals surface area contributed by atoms with Crippen molar-refractivity contribution in [2.45, 2.75) is 83.3 Å². The van der Waals surface area contributed by atoms with Crippen molar-refractivity contribution in [3.63, 3.8) is 0 Å². The fourth-order valence-electron chi connectivity index (χ4n) is 3.86. The van der Waals surface area contributed by atoms with Gasteiger partial charge in [-0.2, -0.15) is 0 Å². The van der Waals surface area contributed by atoms with Gasteiger partial charge in [0.2, 0.25) is 0 Å². The number of nitrogens with zero attached hydrogens (tertiary/aromatic N) is 1. The summed E-state index contributed by atoms with van der Waals surface area (Å²) in [5.74, 6) is 0.919. The minimum Gasteiger partial charge on any atom is -0.311 e. The zero-order valence-electron chi connectivity index (χ0n) is 12.6. The summed E-state index contributed by atoms with van der Waals surface area (Å²) in [6.45, 7) is 5.99. The van der Waals surface area contributed by atoms with Gasteiger partial charge in [-0.05, 0) is 45.1 Å². The predicted octanol–water partition coefficient (Wildman–Crippen LogP) is 3.42. The Kier molecular flexibility index (Phi) is 5.50. The van der Waals surface area contributed by atoms with E-state index in [-0.39, 0.29) is 0 Å². The first-order valence-electron chi connectivity index (χ1n) is 8.19. The van der Waals surface area contributed by atoms with Crippen LogP contribution < -0.4 is 5.32 Å². The van der Waals surface area contributed by atoms with Crippen LogP contribution in [0.2, 0.25) is 0 Å². The lowest BCUT2D eigenvalue weighted by atomic mass is 9.94. The summed E-state index contributed by atoms with van der Waals surface area (Å²) in [6, 6.07) is 2.50. The van der Waals surface area contributed by atoms with Crippen molar-refractivity contribution >= 4 is 0 Å². The first kappa shape index (κ1) is 14.3. The van der Waals surface area contributed by atoms with Crippen molar-refractivity contribution in [2.24, 2.45) is 5.92 Å². The van der Waals surface area contributed by atoms with E-state index in [9.17, 15) is 0 Å². The molecule has 3 atom stereocenters. The van der Waals surface area contributed by atoms with Gasteiger partial charge in [0.25, 0.3) is 0 Å². The molecule has 0 spiro atoms. The van der Waals surface area contributed by atoms with E-state index >= 15 is 0 Å². The van der Waals surface area contributed by atoms with Gasteiger partial charge in [0.15, 0.2) is 0 Å². The van der Waals surface area contributed by atoms with Crippen LogP contribution >= 0.6 is 0 Å². The van der Waals surface area contributed by atoms with Crippen molar-refractivity contribution < 1.29 is 0 Å². The van der Waals surface area contributed by atoms with Crippen LogP contribution in [0, 0.1) is 5.92 Å². The van der Waals surface area contributed by atoms with Crippen LogP contribution in [0.3, 0.4) is 0 Å². The summed E-state index contributed by atoms with van der Waals surface area (Å²) >= 11 is 0. The normalized spacial score (nSPS) is 33.0. The largest absolute Gasteiger partial charge is 0.311 e. The maximum Gasteiger partial charge on any atom is 0.0122 e. The molecule has 2 heterocycles. The van der Waals surface area contributed by atoms with Crippen LogP contribution in [-0.4, -0.2) is 36.6 Å². The number of unbranched alkanes of at least 4 members (excludes halogenated alkanes) is 1. The number of hydrogen-bond acceptors (Lipinski definition) is 2. The summed E-state index contributed by atoms with van der Waals surface area (Å²) in [7, 11) is 2.37. The smallest absolute Gasteiger partial charge is 0.0122 e. The van der Waals surface area contributed by atoms with Gasteiger partial charge in [-0.3, -0.25) is 0 Å². The highest BCUT2D eigenvalue weighted by atomic mass is 15.2. The van der Waals surface area contributed by atoms with Crippen LogP contribution in [0.1, 0.15) is 65.2 Å². The van der Waals surface area contributed by atoms with Crippen LogP contribution in [-0.2, 0) is 0 Å². The van der Waals surface area contributed by atoms with Crippen molar-refractivity contribution in [1.29, 1.82) is 0 Å². The second kappa shape index (κ2) is 6.91. The van der Waals surface area contributed by atoms with Gasteiger partial charge in [-0.25, -0.2) is 0 Å². The number of rotatable bonds is 7. The summed E-state index contributed by atoms with van der Waals surface area (Å²) in [6.07, 6.45) is 11.1. The molecule has 1 N–H and O–H groups in total. The lowest BCUT2D eigenvalue weighted by Gasteiger charge is -2.37. The molecule has 2 saturated heterocycles. The molecule has 3 unspecified atom stereocenters. The Morgan fingerprint density at radius 3 is 2.39 bits per heavy atom. The maximum atomic E-state index is 3.75. The second-order valence-corrected chi connectivity index (χ2v) is 6.62. The molecule has 0 aromatic carbocycles. The van der Waals surface area contributed by atoms with Crippen molar-refractivity contribution in [3.8, 4) is 0 Å². The van der Waals surface area contributed by atoms with Crippen molar-refractivity contribution in [3.05, 3.63) is 0 Å². The summed E-state index contributed by atoms with van der Waals surface area (Å²) in [4.78, 5) is 2.68. The molecule has 0 aliphatic carbocycles. The molecule has 2 nitrogen and oxygen atoms in total. The Labute approximate surface area is 114 Å². The van der Waals surface area contributed by atoms with Gasteiger partial charge in [0.1, 0.15) is 0 Å². The molecule has 0 aromatic heterocycles. The topological polar surface area (TPSA) is 15.3 Å². The van der Waals surface area contributed by atoms with E-state index in [1.165, 1.54) is 57.9 Å². The Morgan fingerprint density at radius 1 is 1.17 bits per heavy atom. The maximum absolute atomic E-state index is 3.75. The van der Waals surface area contributed by atoms with E-state index in [2.05, 4.69) is 31.1 Å². The molecule has 0 aromatic rings. The molecule has 18 heavy (non-hydrogen) atoms. The van der Waals surface area contributed by atoms with Crippen molar-refractivity contribution in [1.82, 2.24) is 10.2 Å². The molecule has 2 aliphatic heterocycles. The minimum absolute atomic E-state index is 0.826. The highest BCUT2D eigenvalue weighted by molar-refractivity contribution is 4.95. The molecule has 2 rings (SSSR count). The predicted molar refractivity (Wildman–Crippen MR) is 78.9 cm³/mol. The Bertz CT molecular complexity index is 229. The van der Waals surface area contributed by atoms with Gasteiger partial charge in [-0.15, -0.1) is 0 Å². The first-order chi connectivity index (χ1) is 8.72. The van der Waals surface area contributed by atoms with E-state index in [1.54, 1.807) is 0 Å². The summed E-state index contributed by atoms with van der Waals surface area (Å²) in [5, 5.41) is 3.75. The third kappa shape index (κ3) is 3.71. The van der Waals surface area contributed by atoms with E-state index in [1.807, 2.05) is 0 Å². The van der Waals surface area contributed by atoms with Gasteiger partial charge < -0.3 is 10.2 Å². The molecule has 2 bridgehead atoms. The molecular formula is C16H32N2. The van der Waals surface area contributed by atoms with E-state index in [0.717, 1.165) is 24.0 Å². The lowest BCUT2D eigenvalue weighted by Crippen LogP contribution is -2.48. The van der Waals surface area contributed by atoms with Crippen LogP contribution in [0.4, 0.5) is 0 Å². The molecule has 106 valence electrons. The van der Waals surface area contributed by atoms with Crippen LogP contribution in [0.5, 0.6) is 0 Å². The first-order valence-corrected chi connectivity index (χ1v) is 8.19. The van der Waals surface area contributed by atoms with Crippen LogP contribution in [0.25, 0.3) is 0 Å². The molecular weight excluding hydrogens is 220 g/mol. The SMILES string of the molecule is CCCCC(CC)CN(C)C1CC2CCC(C1)N2. The van der Waals surface area contributed by atoms with Gasteiger partial charge >= 0.3 is 0 Å². The molecule has 2 aliphatic rings. The van der Waals surface area contributed by atoms with Gasteiger partial charge in [-0.1, -0.05) is 33.1 Å². The van der Waals surface area contributed by atoms with Crippen LogP contribution in [0.15, 0.2) is 0 Å². The zero-order chi connectivity index (χ0) is 13.0. The molecule has 0 saturated carbocycles. The molecule has 0 amide bonds. The Balaban J connectivity index is 1.77. The highest BCUT2D eigenvalue weighted by Crippen LogP contribution is 2.30. The van der Waals surface area contributed by atoms with Gasteiger partial charge in [0.05, 0.1) is 0 Å². The second-order valence-electron chi connectivity index (χ2n) is 6.62. The lowest BCUT2D eigenvalue weighted by molar-refractivity contribution is 0.146. The fourth-order valence-corrected chi connectivity index (χ4v) is 3.86. The van der Waals surface area contributed by atoms with E-state index < -0.39 is 0 Å². The number of nitrogens with one attached hydrogen (secondary N) is 1. The number of hydrogen-bond donors (Lipinski definition) is 1. The molecule has 0 radical (unpaired) electrons. The Morgan fingerprint density at radius 2 is 1.83 bits per heavy atom. The highest BCUT2D eigenvalue weighted by Gasteiger charge is 2.35. The molecule has 2 fully saturated rings. The van der Waals surface area contributed by atoms with Crippen molar-refractivity contribution in [2.75, 3.05) is 13.6 Å². The summed E-state index contributed by atoms with van der Waals surface area (Å²) < 4.78 is 0. The standard InChI is InChI=1S/C16H32N2/c1-4-6-7-13(5-2)12-18(3)16-10-14-8-9-15(11-16)17-14/h13-17H,4-12H2,1-3H3. The average Bonchev–Trinajstić information content (AvgIpc) is 2.73. The minimum atomic E-state index is 0.826. The third-order valence-corrected chi connectivity index (χ3v) is 5.16.